The lowest BCUT2D eigenvalue weighted by molar-refractivity contribution is 1.10. The zero-order valence-electron chi connectivity index (χ0n) is 32.3. The van der Waals surface area contributed by atoms with Gasteiger partial charge in [-0.25, -0.2) is 4.98 Å². The standard InChI is InChI=1S/C57H38N2/c1-5-15-39(16-6-1)41-25-29-43(30-26-41)55-49-23-13-14-24-50(49)56(44-31-27-42(28-32-44)40-17-7-2-8-18-40)52-37-46(33-35-51(52)55)47-34-36-54-53(38-47)58-57(45-19-9-3-10-20-45)59(54)48-21-11-4-12-22-48/h1-38H. The number of benzene rings is 10. The van der Waals surface area contributed by atoms with Crippen LogP contribution < -0.4 is 0 Å². The molecule has 0 N–H and O–H groups in total. The lowest BCUT2D eigenvalue weighted by Gasteiger charge is -2.19. The van der Waals surface area contributed by atoms with Gasteiger partial charge in [0.25, 0.3) is 0 Å². The van der Waals surface area contributed by atoms with Crippen LogP contribution in [0, 0.1) is 0 Å². The molecule has 1 aromatic heterocycles. The molecule has 0 aliphatic rings. The van der Waals surface area contributed by atoms with Gasteiger partial charge < -0.3 is 0 Å². The third kappa shape index (κ3) is 6.19. The molecule has 10 aromatic carbocycles. The van der Waals surface area contributed by atoms with E-state index < -0.39 is 0 Å². The van der Waals surface area contributed by atoms with Crippen molar-refractivity contribution < 1.29 is 0 Å². The zero-order chi connectivity index (χ0) is 39.1. The van der Waals surface area contributed by atoms with Crippen LogP contribution in [0.15, 0.2) is 231 Å². The minimum atomic E-state index is 0.929. The molecule has 2 heteroatoms. The number of fused-ring (bicyclic) bond motifs is 3. The molecule has 11 rings (SSSR count). The molecule has 0 spiro atoms. The first-order chi connectivity index (χ1) is 29.3. The summed E-state index contributed by atoms with van der Waals surface area (Å²) in [4.78, 5) is 5.29. The van der Waals surface area contributed by atoms with E-state index in [9.17, 15) is 0 Å². The predicted octanol–water partition coefficient (Wildman–Crippen LogP) is 15.3. The van der Waals surface area contributed by atoms with Crippen LogP contribution in [0.3, 0.4) is 0 Å². The molecule has 0 atom stereocenters. The Labute approximate surface area is 344 Å². The fourth-order valence-corrected chi connectivity index (χ4v) is 8.78. The van der Waals surface area contributed by atoms with Gasteiger partial charge in [0, 0.05) is 11.3 Å². The Kier molecular flexibility index (Phi) is 8.52. The second-order valence-electron chi connectivity index (χ2n) is 15.1. The first-order valence-corrected chi connectivity index (χ1v) is 20.2. The Morgan fingerprint density at radius 1 is 0.271 bits per heavy atom. The largest absolute Gasteiger partial charge is 0.292 e. The van der Waals surface area contributed by atoms with Gasteiger partial charge in [-0.15, -0.1) is 0 Å². The number of imidazole rings is 1. The lowest BCUT2D eigenvalue weighted by Crippen LogP contribution is -1.97. The Morgan fingerprint density at radius 3 is 1.22 bits per heavy atom. The smallest absolute Gasteiger partial charge is 0.145 e. The van der Waals surface area contributed by atoms with E-state index in [1.54, 1.807) is 0 Å². The zero-order valence-corrected chi connectivity index (χ0v) is 32.3. The van der Waals surface area contributed by atoms with Gasteiger partial charge in [-0.3, -0.25) is 4.57 Å². The second-order valence-corrected chi connectivity index (χ2v) is 15.1. The molecule has 0 amide bonds. The Bertz CT molecular complexity index is 3260. The van der Waals surface area contributed by atoms with E-state index in [1.165, 1.54) is 66.1 Å². The molecule has 59 heavy (non-hydrogen) atoms. The van der Waals surface area contributed by atoms with Gasteiger partial charge in [-0.1, -0.05) is 200 Å². The van der Waals surface area contributed by atoms with Crippen LogP contribution in [-0.4, -0.2) is 9.55 Å². The summed E-state index contributed by atoms with van der Waals surface area (Å²) >= 11 is 0. The van der Waals surface area contributed by atoms with E-state index >= 15 is 0 Å². The average Bonchev–Trinajstić information content (AvgIpc) is 3.71. The predicted molar refractivity (Wildman–Crippen MR) is 249 cm³/mol. The SMILES string of the molecule is c1ccc(-c2ccc(-c3c4ccccc4c(-c4ccc(-c5ccccc5)cc4)c4cc(-c5ccc6c(c5)nc(-c5ccccc5)n6-c5ccccc5)ccc34)cc2)cc1. The van der Waals surface area contributed by atoms with Crippen molar-refractivity contribution in [3.05, 3.63) is 231 Å². The van der Waals surface area contributed by atoms with Crippen molar-refractivity contribution >= 4 is 32.6 Å². The van der Waals surface area contributed by atoms with Crippen molar-refractivity contribution in [1.29, 1.82) is 0 Å². The maximum atomic E-state index is 5.29. The highest BCUT2D eigenvalue weighted by Crippen LogP contribution is 2.45. The molecule has 0 bridgehead atoms. The molecule has 2 nitrogen and oxygen atoms in total. The summed E-state index contributed by atoms with van der Waals surface area (Å²) in [7, 11) is 0. The maximum Gasteiger partial charge on any atom is 0.145 e. The molecular weight excluding hydrogens is 713 g/mol. The summed E-state index contributed by atoms with van der Waals surface area (Å²) in [5.41, 5.74) is 16.2. The summed E-state index contributed by atoms with van der Waals surface area (Å²) < 4.78 is 2.27. The summed E-state index contributed by atoms with van der Waals surface area (Å²) in [5.74, 6) is 0.929. The van der Waals surface area contributed by atoms with Crippen molar-refractivity contribution in [2.75, 3.05) is 0 Å². The second kappa shape index (κ2) is 14.6. The van der Waals surface area contributed by atoms with E-state index in [2.05, 4.69) is 235 Å². The molecule has 0 saturated carbocycles. The van der Waals surface area contributed by atoms with E-state index in [4.69, 9.17) is 4.98 Å². The van der Waals surface area contributed by atoms with E-state index in [1.807, 2.05) is 0 Å². The van der Waals surface area contributed by atoms with Crippen LogP contribution in [-0.2, 0) is 0 Å². The number of hydrogen-bond acceptors (Lipinski definition) is 1. The third-order valence-electron chi connectivity index (χ3n) is 11.6. The van der Waals surface area contributed by atoms with Gasteiger partial charge in [0.05, 0.1) is 11.0 Å². The van der Waals surface area contributed by atoms with Gasteiger partial charge in [0.15, 0.2) is 0 Å². The molecule has 0 saturated heterocycles. The fraction of sp³-hybridized carbons (Fsp3) is 0. The summed E-state index contributed by atoms with van der Waals surface area (Å²) in [6.45, 7) is 0. The Balaban J connectivity index is 1.12. The van der Waals surface area contributed by atoms with Crippen molar-refractivity contribution in [3.63, 3.8) is 0 Å². The summed E-state index contributed by atoms with van der Waals surface area (Å²) in [6, 6.07) is 83.1. The van der Waals surface area contributed by atoms with Crippen molar-refractivity contribution in [2.24, 2.45) is 0 Å². The van der Waals surface area contributed by atoms with Crippen LogP contribution in [0.5, 0.6) is 0 Å². The monoisotopic (exact) mass is 750 g/mol. The van der Waals surface area contributed by atoms with Crippen LogP contribution in [0.4, 0.5) is 0 Å². The number of hydrogen-bond donors (Lipinski definition) is 0. The highest BCUT2D eigenvalue weighted by molar-refractivity contribution is 6.22. The Morgan fingerprint density at radius 2 is 0.661 bits per heavy atom. The minimum Gasteiger partial charge on any atom is -0.292 e. The van der Waals surface area contributed by atoms with Crippen LogP contribution in [0.1, 0.15) is 0 Å². The quantitative estimate of drug-likeness (QED) is 0.148. The highest BCUT2D eigenvalue weighted by atomic mass is 15.1. The first-order valence-electron chi connectivity index (χ1n) is 20.2. The van der Waals surface area contributed by atoms with Gasteiger partial charge >= 0.3 is 0 Å². The molecule has 0 aliphatic heterocycles. The molecule has 0 fully saturated rings. The lowest BCUT2D eigenvalue weighted by atomic mass is 9.84. The maximum absolute atomic E-state index is 5.29. The molecule has 0 radical (unpaired) electrons. The van der Waals surface area contributed by atoms with Gasteiger partial charge in [-0.05, 0) is 108 Å². The molecule has 0 aliphatic carbocycles. The summed E-state index contributed by atoms with van der Waals surface area (Å²) in [6.07, 6.45) is 0. The number of para-hydroxylation sites is 1. The van der Waals surface area contributed by atoms with Crippen molar-refractivity contribution in [2.45, 2.75) is 0 Å². The number of nitrogens with zero attached hydrogens (tertiary/aromatic N) is 2. The molecule has 0 unspecified atom stereocenters. The highest BCUT2D eigenvalue weighted by Gasteiger charge is 2.19. The molecule has 276 valence electrons. The summed E-state index contributed by atoms with van der Waals surface area (Å²) in [5, 5.41) is 4.92. The van der Waals surface area contributed by atoms with E-state index in [0.717, 1.165) is 39.2 Å². The van der Waals surface area contributed by atoms with Crippen LogP contribution in [0.2, 0.25) is 0 Å². The first kappa shape index (κ1) is 34.4. The normalized spacial score (nSPS) is 11.4. The van der Waals surface area contributed by atoms with E-state index in [0.29, 0.717) is 0 Å². The average molecular weight is 751 g/mol. The van der Waals surface area contributed by atoms with Gasteiger partial charge in [0.2, 0.25) is 0 Å². The van der Waals surface area contributed by atoms with Crippen LogP contribution in [0.25, 0.3) is 105 Å². The van der Waals surface area contributed by atoms with E-state index in [-0.39, 0.29) is 0 Å². The third-order valence-corrected chi connectivity index (χ3v) is 11.6. The number of rotatable bonds is 7. The van der Waals surface area contributed by atoms with Crippen molar-refractivity contribution in [3.8, 4) is 72.7 Å². The molecule has 11 aromatic rings. The molecular formula is C57H38N2. The van der Waals surface area contributed by atoms with Gasteiger partial charge in [0.1, 0.15) is 5.82 Å². The van der Waals surface area contributed by atoms with Gasteiger partial charge in [-0.2, -0.15) is 0 Å². The Hall–Kier alpha value is -7.81. The number of aromatic nitrogens is 2. The molecule has 1 heterocycles. The minimum absolute atomic E-state index is 0.929. The fourth-order valence-electron chi connectivity index (χ4n) is 8.78. The van der Waals surface area contributed by atoms with Crippen molar-refractivity contribution in [1.82, 2.24) is 9.55 Å². The topological polar surface area (TPSA) is 17.8 Å². The van der Waals surface area contributed by atoms with Crippen LogP contribution >= 0.6 is 0 Å².